The van der Waals surface area contributed by atoms with Gasteiger partial charge in [0, 0.05) is 18.5 Å². The number of cyclic esters (lactones) is 1. The third kappa shape index (κ3) is 4.26. The molecule has 1 aliphatic rings. The summed E-state index contributed by atoms with van der Waals surface area (Å²) in [6.45, 7) is -0.218. The van der Waals surface area contributed by atoms with Crippen molar-refractivity contribution in [3.63, 3.8) is 0 Å². The molecule has 146 valence electrons. The van der Waals surface area contributed by atoms with Crippen LogP contribution >= 0.6 is 11.6 Å². The number of hydrogen-bond acceptors (Lipinski definition) is 5. The first-order chi connectivity index (χ1) is 13.4. The topological polar surface area (TPSA) is 84.9 Å². The number of fused-ring (bicyclic) bond motifs is 1. The highest BCUT2D eigenvalue weighted by Crippen LogP contribution is 2.27. The number of halogens is 1. The summed E-state index contributed by atoms with van der Waals surface area (Å²) >= 11 is 5.95. The van der Waals surface area contributed by atoms with E-state index in [1.165, 1.54) is 19.1 Å². The van der Waals surface area contributed by atoms with Crippen molar-refractivity contribution in [3.05, 3.63) is 58.6 Å². The first-order valence-electron chi connectivity index (χ1n) is 8.56. The molecule has 0 saturated heterocycles. The average molecular weight is 403 g/mol. The molecule has 0 aliphatic carbocycles. The number of methoxy groups -OCH3 is 1. The summed E-state index contributed by atoms with van der Waals surface area (Å²) in [6, 6.07) is 11.8. The van der Waals surface area contributed by atoms with Gasteiger partial charge in [0.1, 0.15) is 5.75 Å². The molecular weight excluding hydrogens is 384 g/mol. The molecule has 1 N–H and O–H groups in total. The van der Waals surface area contributed by atoms with E-state index in [1.54, 1.807) is 42.5 Å². The number of esters is 1. The van der Waals surface area contributed by atoms with Gasteiger partial charge in [-0.25, -0.2) is 4.79 Å². The largest absolute Gasteiger partial charge is 0.495 e. The number of nitrogens with zero attached hydrogens (tertiary/aromatic N) is 1. The molecule has 0 radical (unpaired) electrons. The Kier molecular flexibility index (Phi) is 5.84. The number of nitrogens with one attached hydrogen (secondary N) is 1. The maximum atomic E-state index is 12.6. The molecule has 2 aromatic rings. The van der Waals surface area contributed by atoms with E-state index in [2.05, 4.69) is 5.32 Å². The number of carbonyl (C=O) groups is 3. The molecule has 1 atom stereocenters. The molecule has 0 spiro atoms. The lowest BCUT2D eigenvalue weighted by molar-refractivity contribution is -0.141. The lowest BCUT2D eigenvalue weighted by Gasteiger charge is -2.27. The first-order valence-corrected chi connectivity index (χ1v) is 8.94. The summed E-state index contributed by atoms with van der Waals surface area (Å²) < 4.78 is 10.4. The van der Waals surface area contributed by atoms with Gasteiger partial charge >= 0.3 is 5.97 Å². The molecular formula is C20H19ClN2O5. The summed E-state index contributed by atoms with van der Waals surface area (Å²) in [5, 5.41) is 3.10. The number of benzene rings is 2. The number of carbonyl (C=O) groups excluding carboxylic acids is 3. The van der Waals surface area contributed by atoms with Gasteiger partial charge in [0.2, 0.25) is 5.91 Å². The van der Waals surface area contributed by atoms with Crippen LogP contribution in [0.25, 0.3) is 0 Å². The predicted octanol–water partition coefficient (Wildman–Crippen LogP) is 2.53. The van der Waals surface area contributed by atoms with Crippen molar-refractivity contribution in [1.29, 1.82) is 0 Å². The number of rotatable bonds is 5. The van der Waals surface area contributed by atoms with Gasteiger partial charge in [-0.2, -0.15) is 0 Å². The standard InChI is InChI=1S/C20H19ClN2O5/c1-23(11-18(24)22-15-10-13(21)7-8-16(15)27-2)19(25)17-9-12-5-3-4-6-14(12)20(26)28-17/h3-8,10,17H,9,11H2,1-2H3,(H,22,24). The molecule has 1 heterocycles. The van der Waals surface area contributed by atoms with E-state index in [9.17, 15) is 14.4 Å². The van der Waals surface area contributed by atoms with Crippen molar-refractivity contribution in [2.24, 2.45) is 0 Å². The van der Waals surface area contributed by atoms with Crippen molar-refractivity contribution in [2.75, 3.05) is 26.0 Å². The summed E-state index contributed by atoms with van der Waals surface area (Å²) in [7, 11) is 2.95. The van der Waals surface area contributed by atoms with Gasteiger partial charge in [0.25, 0.3) is 5.91 Å². The Balaban J connectivity index is 1.64. The summed E-state index contributed by atoms with van der Waals surface area (Å²) in [4.78, 5) is 38.3. The SMILES string of the molecule is COc1ccc(Cl)cc1NC(=O)CN(C)C(=O)C1Cc2ccccc2C(=O)O1. The summed E-state index contributed by atoms with van der Waals surface area (Å²) in [5.41, 5.74) is 1.61. The second-order valence-electron chi connectivity index (χ2n) is 6.34. The Morgan fingerprint density at radius 1 is 1.29 bits per heavy atom. The second kappa shape index (κ2) is 8.31. The zero-order valence-corrected chi connectivity index (χ0v) is 16.2. The second-order valence-corrected chi connectivity index (χ2v) is 6.78. The van der Waals surface area contributed by atoms with Crippen LogP contribution in [0.5, 0.6) is 5.75 Å². The van der Waals surface area contributed by atoms with Crippen LogP contribution in [0, 0.1) is 0 Å². The van der Waals surface area contributed by atoms with Gasteiger partial charge in [0.15, 0.2) is 6.10 Å². The maximum Gasteiger partial charge on any atom is 0.339 e. The van der Waals surface area contributed by atoms with Crippen molar-refractivity contribution >= 4 is 35.1 Å². The third-order valence-electron chi connectivity index (χ3n) is 4.36. The zero-order chi connectivity index (χ0) is 20.3. The van der Waals surface area contributed by atoms with Crippen LogP contribution in [0.2, 0.25) is 5.02 Å². The van der Waals surface area contributed by atoms with Crippen molar-refractivity contribution < 1.29 is 23.9 Å². The highest BCUT2D eigenvalue weighted by atomic mass is 35.5. The van der Waals surface area contributed by atoms with Gasteiger partial charge in [-0.3, -0.25) is 9.59 Å². The minimum atomic E-state index is -0.957. The van der Waals surface area contributed by atoms with E-state index in [-0.39, 0.29) is 13.0 Å². The molecule has 2 aromatic carbocycles. The van der Waals surface area contributed by atoms with Crippen LogP contribution in [-0.2, 0) is 20.7 Å². The van der Waals surface area contributed by atoms with Crippen LogP contribution < -0.4 is 10.1 Å². The number of ether oxygens (including phenoxy) is 2. The highest BCUT2D eigenvalue weighted by Gasteiger charge is 2.33. The quantitative estimate of drug-likeness (QED) is 0.777. The lowest BCUT2D eigenvalue weighted by Crippen LogP contribution is -2.45. The molecule has 1 unspecified atom stereocenters. The molecule has 8 heteroatoms. The Labute approximate surface area is 167 Å². The Bertz CT molecular complexity index is 931. The minimum absolute atomic E-state index is 0.218. The van der Waals surface area contributed by atoms with E-state index in [1.807, 2.05) is 0 Å². The summed E-state index contributed by atoms with van der Waals surface area (Å²) in [5.74, 6) is -0.971. The molecule has 0 fully saturated rings. The van der Waals surface area contributed by atoms with E-state index in [0.29, 0.717) is 22.0 Å². The van der Waals surface area contributed by atoms with E-state index in [0.717, 1.165) is 5.56 Å². The normalized spacial score (nSPS) is 15.2. The van der Waals surface area contributed by atoms with Gasteiger partial charge in [-0.15, -0.1) is 0 Å². The molecule has 0 aromatic heterocycles. The van der Waals surface area contributed by atoms with Crippen LogP contribution in [0.4, 0.5) is 5.69 Å². The molecule has 0 saturated carbocycles. The van der Waals surface area contributed by atoms with Crippen molar-refractivity contribution in [3.8, 4) is 5.75 Å². The van der Waals surface area contributed by atoms with Crippen LogP contribution in [0.15, 0.2) is 42.5 Å². The first kappa shape index (κ1) is 19.7. The predicted molar refractivity (Wildman–Crippen MR) is 104 cm³/mol. The highest BCUT2D eigenvalue weighted by molar-refractivity contribution is 6.31. The molecule has 28 heavy (non-hydrogen) atoms. The fourth-order valence-electron chi connectivity index (χ4n) is 2.98. The summed E-state index contributed by atoms with van der Waals surface area (Å²) in [6.07, 6.45) is -0.685. The average Bonchev–Trinajstić information content (AvgIpc) is 2.67. The smallest absolute Gasteiger partial charge is 0.339 e. The fourth-order valence-corrected chi connectivity index (χ4v) is 3.15. The maximum absolute atomic E-state index is 12.6. The van der Waals surface area contributed by atoms with Crippen molar-refractivity contribution in [1.82, 2.24) is 4.90 Å². The third-order valence-corrected chi connectivity index (χ3v) is 4.60. The van der Waals surface area contributed by atoms with Gasteiger partial charge in [-0.05, 0) is 29.8 Å². The number of amides is 2. The number of hydrogen-bond donors (Lipinski definition) is 1. The number of anilines is 1. The lowest BCUT2D eigenvalue weighted by atomic mass is 9.98. The van der Waals surface area contributed by atoms with Gasteiger partial charge in [0.05, 0.1) is 24.9 Å². The Morgan fingerprint density at radius 2 is 2.04 bits per heavy atom. The fraction of sp³-hybridized carbons (Fsp3) is 0.250. The minimum Gasteiger partial charge on any atom is -0.495 e. The van der Waals surface area contributed by atoms with Crippen LogP contribution in [-0.4, -0.2) is 49.5 Å². The van der Waals surface area contributed by atoms with E-state index < -0.39 is 23.9 Å². The number of likely N-dealkylation sites (N-methyl/N-ethyl adjacent to an activating group) is 1. The van der Waals surface area contributed by atoms with Crippen LogP contribution in [0.3, 0.4) is 0 Å². The Hall–Kier alpha value is -3.06. The molecule has 3 rings (SSSR count). The molecule has 0 bridgehead atoms. The van der Waals surface area contributed by atoms with Gasteiger partial charge in [-0.1, -0.05) is 29.8 Å². The molecule has 2 amide bonds. The molecule has 7 nitrogen and oxygen atoms in total. The zero-order valence-electron chi connectivity index (χ0n) is 15.4. The van der Waals surface area contributed by atoms with Crippen molar-refractivity contribution in [2.45, 2.75) is 12.5 Å². The monoisotopic (exact) mass is 402 g/mol. The molecule has 1 aliphatic heterocycles. The van der Waals surface area contributed by atoms with E-state index >= 15 is 0 Å². The van der Waals surface area contributed by atoms with Gasteiger partial charge < -0.3 is 19.7 Å². The Morgan fingerprint density at radius 3 is 2.79 bits per heavy atom. The van der Waals surface area contributed by atoms with Crippen LogP contribution in [0.1, 0.15) is 15.9 Å². The van der Waals surface area contributed by atoms with E-state index in [4.69, 9.17) is 21.1 Å².